The van der Waals surface area contributed by atoms with E-state index in [9.17, 15) is 9.59 Å². The molecule has 0 saturated heterocycles. The lowest BCUT2D eigenvalue weighted by molar-refractivity contribution is 0.240. The highest BCUT2D eigenvalue weighted by atomic mass is 32.1. The Balaban J connectivity index is 1.86. The first-order chi connectivity index (χ1) is 10.5. The van der Waals surface area contributed by atoms with Crippen molar-refractivity contribution in [1.29, 1.82) is 0 Å². The molecule has 2 aromatic heterocycles. The van der Waals surface area contributed by atoms with Gasteiger partial charge in [-0.3, -0.25) is 4.79 Å². The van der Waals surface area contributed by atoms with E-state index in [0.29, 0.717) is 18.1 Å². The van der Waals surface area contributed by atoms with Gasteiger partial charge in [0, 0.05) is 17.5 Å². The number of nitrogens with one attached hydrogen (secondary N) is 3. The van der Waals surface area contributed by atoms with Crippen LogP contribution < -0.4 is 21.9 Å². The number of thiazole rings is 1. The number of aryl methyl sites for hydroxylation is 2. The molecule has 0 atom stereocenters. The van der Waals surface area contributed by atoms with Crippen molar-refractivity contribution in [3.05, 3.63) is 43.5 Å². The monoisotopic (exact) mass is 322 g/mol. The Hall–Kier alpha value is -2.26. The van der Waals surface area contributed by atoms with Gasteiger partial charge in [-0.1, -0.05) is 0 Å². The molecular weight excluding hydrogens is 304 g/mol. The minimum atomic E-state index is -0.341. The largest absolute Gasteiger partial charge is 0.333 e. The zero-order valence-electron chi connectivity index (χ0n) is 12.4. The molecule has 8 nitrogen and oxygen atoms in total. The molecular formula is C13H18N6O2S. The first kappa shape index (κ1) is 16.1. The molecule has 0 aliphatic heterocycles. The van der Waals surface area contributed by atoms with Gasteiger partial charge in [0.25, 0.3) is 5.56 Å². The van der Waals surface area contributed by atoms with Gasteiger partial charge in [0.1, 0.15) is 5.82 Å². The zero-order chi connectivity index (χ0) is 16.1. The summed E-state index contributed by atoms with van der Waals surface area (Å²) in [4.78, 5) is 35.1. The van der Waals surface area contributed by atoms with Crippen molar-refractivity contribution >= 4 is 17.4 Å². The first-order valence-electron chi connectivity index (χ1n) is 6.71. The van der Waals surface area contributed by atoms with Gasteiger partial charge in [-0.25, -0.2) is 14.8 Å². The van der Waals surface area contributed by atoms with E-state index in [1.54, 1.807) is 11.3 Å². The molecule has 0 radical (unpaired) electrons. The lowest BCUT2D eigenvalue weighted by Gasteiger charge is -2.07. The van der Waals surface area contributed by atoms with Crippen LogP contribution in [0.1, 0.15) is 27.1 Å². The lowest BCUT2D eigenvalue weighted by atomic mass is 10.4. The molecule has 2 rings (SSSR count). The summed E-state index contributed by atoms with van der Waals surface area (Å²) < 4.78 is 0. The van der Waals surface area contributed by atoms with Gasteiger partial charge < -0.3 is 21.4 Å². The van der Waals surface area contributed by atoms with Crippen LogP contribution in [0.3, 0.4) is 0 Å². The van der Waals surface area contributed by atoms with Crippen LogP contribution >= 0.6 is 11.3 Å². The fourth-order valence-corrected chi connectivity index (χ4v) is 2.75. The highest BCUT2D eigenvalue weighted by Gasteiger charge is 2.07. The van der Waals surface area contributed by atoms with Gasteiger partial charge in [0.05, 0.1) is 29.5 Å². The summed E-state index contributed by atoms with van der Waals surface area (Å²) in [6.07, 6.45) is 0. The van der Waals surface area contributed by atoms with E-state index in [1.807, 2.05) is 13.8 Å². The maximum atomic E-state index is 11.8. The SMILES string of the molecule is Cc1nc(C)c(CNC(=O)NCc2nc(CN)cc(=O)[nH]2)s1. The first-order valence-corrected chi connectivity index (χ1v) is 7.53. The van der Waals surface area contributed by atoms with E-state index in [-0.39, 0.29) is 24.7 Å². The average molecular weight is 322 g/mol. The molecule has 5 N–H and O–H groups in total. The molecule has 0 spiro atoms. The molecule has 118 valence electrons. The number of aromatic amines is 1. The number of carbonyl (C=O) groups excluding carboxylic acids is 1. The van der Waals surface area contributed by atoms with Crippen molar-refractivity contribution in [2.45, 2.75) is 33.5 Å². The Morgan fingerprint density at radius 2 is 2.05 bits per heavy atom. The Morgan fingerprint density at radius 3 is 2.68 bits per heavy atom. The number of aromatic nitrogens is 3. The van der Waals surface area contributed by atoms with E-state index in [0.717, 1.165) is 15.6 Å². The van der Waals surface area contributed by atoms with Gasteiger partial charge in [-0.2, -0.15) is 0 Å². The Morgan fingerprint density at radius 1 is 1.32 bits per heavy atom. The highest BCUT2D eigenvalue weighted by molar-refractivity contribution is 7.11. The van der Waals surface area contributed by atoms with E-state index in [2.05, 4.69) is 25.6 Å². The van der Waals surface area contributed by atoms with Crippen LogP contribution in [0.25, 0.3) is 0 Å². The average Bonchev–Trinajstić information content (AvgIpc) is 2.80. The number of nitrogens with zero attached hydrogens (tertiary/aromatic N) is 2. The molecule has 2 aromatic rings. The van der Waals surface area contributed by atoms with Gasteiger partial charge in [0.15, 0.2) is 0 Å². The van der Waals surface area contributed by atoms with E-state index >= 15 is 0 Å². The second-order valence-electron chi connectivity index (χ2n) is 4.67. The van der Waals surface area contributed by atoms with Gasteiger partial charge in [-0.05, 0) is 13.8 Å². The summed E-state index contributed by atoms with van der Waals surface area (Å²) in [6, 6.07) is 0.990. The number of rotatable bonds is 5. The van der Waals surface area contributed by atoms with E-state index in [4.69, 9.17) is 5.73 Å². The third kappa shape index (κ3) is 4.37. The van der Waals surface area contributed by atoms with Crippen LogP contribution in [0.5, 0.6) is 0 Å². The Bertz CT molecular complexity index is 724. The van der Waals surface area contributed by atoms with Crippen molar-refractivity contribution in [3.63, 3.8) is 0 Å². The molecule has 0 aliphatic carbocycles. The minimum Gasteiger partial charge on any atom is -0.333 e. The van der Waals surface area contributed by atoms with Crippen molar-refractivity contribution in [2.24, 2.45) is 5.73 Å². The smallest absolute Gasteiger partial charge is 0.315 e. The molecule has 0 aliphatic rings. The summed E-state index contributed by atoms with van der Waals surface area (Å²) in [5.74, 6) is 0.368. The van der Waals surface area contributed by atoms with Crippen molar-refractivity contribution < 1.29 is 4.79 Å². The number of urea groups is 1. The second-order valence-corrected chi connectivity index (χ2v) is 5.95. The van der Waals surface area contributed by atoms with Gasteiger partial charge >= 0.3 is 6.03 Å². The Labute approximate surface area is 131 Å². The van der Waals surface area contributed by atoms with Crippen molar-refractivity contribution in [2.75, 3.05) is 0 Å². The zero-order valence-corrected chi connectivity index (χ0v) is 13.2. The lowest BCUT2D eigenvalue weighted by Crippen LogP contribution is -2.35. The van der Waals surface area contributed by atoms with Gasteiger partial charge in [0.2, 0.25) is 0 Å². The number of amides is 2. The third-order valence-corrected chi connectivity index (χ3v) is 3.95. The summed E-state index contributed by atoms with van der Waals surface area (Å²) in [5.41, 5.74) is 6.57. The summed E-state index contributed by atoms with van der Waals surface area (Å²) in [5, 5.41) is 6.34. The molecule has 0 fully saturated rings. The van der Waals surface area contributed by atoms with Crippen LogP contribution in [0.2, 0.25) is 0 Å². The number of nitrogens with two attached hydrogens (primary N) is 1. The summed E-state index contributed by atoms with van der Waals surface area (Å²) >= 11 is 1.55. The quantitative estimate of drug-likeness (QED) is 0.630. The predicted octanol–water partition coefficient (Wildman–Crippen LogP) is 0.301. The topological polar surface area (TPSA) is 126 Å². The minimum absolute atomic E-state index is 0.121. The van der Waals surface area contributed by atoms with Crippen LogP contribution in [-0.2, 0) is 19.6 Å². The van der Waals surface area contributed by atoms with Gasteiger partial charge in [-0.15, -0.1) is 11.3 Å². The van der Waals surface area contributed by atoms with Crippen molar-refractivity contribution in [1.82, 2.24) is 25.6 Å². The standard InChI is InChI=1S/C13H18N6O2S/c1-7-10(22-8(2)17-7)5-15-13(21)16-6-11-18-9(4-14)3-12(20)19-11/h3H,4-6,14H2,1-2H3,(H2,15,16,21)(H,18,19,20). The third-order valence-electron chi connectivity index (χ3n) is 2.88. The molecule has 0 bridgehead atoms. The van der Waals surface area contributed by atoms with Crippen LogP contribution in [0, 0.1) is 13.8 Å². The van der Waals surface area contributed by atoms with Crippen molar-refractivity contribution in [3.8, 4) is 0 Å². The van der Waals surface area contributed by atoms with E-state index in [1.165, 1.54) is 6.07 Å². The summed E-state index contributed by atoms with van der Waals surface area (Å²) in [7, 11) is 0. The van der Waals surface area contributed by atoms with Crippen LogP contribution in [0.15, 0.2) is 10.9 Å². The summed E-state index contributed by atoms with van der Waals surface area (Å²) in [6.45, 7) is 4.54. The second kappa shape index (κ2) is 7.14. The van der Waals surface area contributed by atoms with Crippen LogP contribution in [-0.4, -0.2) is 21.0 Å². The molecule has 9 heteroatoms. The molecule has 2 amide bonds. The maximum absolute atomic E-state index is 11.8. The predicted molar refractivity (Wildman–Crippen MR) is 83.4 cm³/mol. The molecule has 0 aromatic carbocycles. The fraction of sp³-hybridized carbons (Fsp3) is 0.385. The molecule has 0 saturated carbocycles. The molecule has 2 heterocycles. The number of H-pyrrole nitrogens is 1. The number of carbonyl (C=O) groups is 1. The molecule has 0 unspecified atom stereocenters. The highest BCUT2D eigenvalue weighted by Crippen LogP contribution is 2.16. The molecule has 22 heavy (non-hydrogen) atoms. The fourth-order valence-electron chi connectivity index (χ4n) is 1.88. The van der Waals surface area contributed by atoms with Crippen LogP contribution in [0.4, 0.5) is 4.79 Å². The number of hydrogen-bond acceptors (Lipinski definition) is 6. The Kier molecular flexibility index (Phi) is 5.23. The maximum Gasteiger partial charge on any atom is 0.315 e. The van der Waals surface area contributed by atoms with E-state index < -0.39 is 0 Å². The normalized spacial score (nSPS) is 10.5. The number of hydrogen-bond donors (Lipinski definition) is 4.